The van der Waals surface area contributed by atoms with Gasteiger partial charge in [-0.15, -0.1) is 0 Å². The first-order chi connectivity index (χ1) is 8.62. The summed E-state index contributed by atoms with van der Waals surface area (Å²) in [6.45, 7) is 6.16. The van der Waals surface area contributed by atoms with Crippen molar-refractivity contribution in [3.8, 4) is 0 Å². The van der Waals surface area contributed by atoms with Crippen LogP contribution in [-0.4, -0.2) is 27.5 Å². The lowest BCUT2D eigenvalue weighted by Crippen LogP contribution is -2.25. The van der Waals surface area contributed by atoms with Gasteiger partial charge in [0, 0.05) is 18.8 Å². The first-order valence-electron chi connectivity index (χ1n) is 7.04. The molecule has 0 amide bonds. The minimum atomic E-state index is 0.0459. The second-order valence-electron chi connectivity index (χ2n) is 6.20. The van der Waals surface area contributed by atoms with E-state index in [1.807, 2.05) is 6.20 Å². The monoisotopic (exact) mass is 249 g/mol. The lowest BCUT2D eigenvalue weighted by molar-refractivity contribution is -0.0233. The van der Waals surface area contributed by atoms with Crippen molar-refractivity contribution in [1.29, 1.82) is 0 Å². The third-order valence-electron chi connectivity index (χ3n) is 3.88. The van der Waals surface area contributed by atoms with E-state index in [-0.39, 0.29) is 5.60 Å². The highest BCUT2D eigenvalue weighted by atomic mass is 16.5. The topological polar surface area (TPSA) is 39.1 Å². The molecule has 1 saturated carbocycles. The van der Waals surface area contributed by atoms with Gasteiger partial charge >= 0.3 is 0 Å². The molecule has 100 valence electrons. The Kier molecular flexibility index (Phi) is 3.16. The van der Waals surface area contributed by atoms with Crippen molar-refractivity contribution in [2.24, 2.45) is 0 Å². The molecule has 1 atom stereocenters. The van der Waals surface area contributed by atoms with Crippen LogP contribution < -0.4 is 5.32 Å². The van der Waals surface area contributed by atoms with E-state index < -0.39 is 0 Å². The molecule has 4 heteroatoms. The third-order valence-corrected chi connectivity index (χ3v) is 3.88. The van der Waals surface area contributed by atoms with Gasteiger partial charge in [-0.3, -0.25) is 4.68 Å². The first-order valence-corrected chi connectivity index (χ1v) is 7.04. The van der Waals surface area contributed by atoms with Crippen molar-refractivity contribution in [2.75, 3.05) is 0 Å². The molecule has 0 spiro atoms. The van der Waals surface area contributed by atoms with E-state index in [1.165, 1.54) is 18.5 Å². The average molecular weight is 249 g/mol. The molecule has 1 unspecified atom stereocenters. The van der Waals surface area contributed by atoms with E-state index in [2.05, 4.69) is 35.0 Å². The Morgan fingerprint density at radius 3 is 2.94 bits per heavy atom. The molecule has 1 aromatic heterocycles. The van der Waals surface area contributed by atoms with Crippen LogP contribution in [0.1, 0.15) is 45.2 Å². The van der Waals surface area contributed by atoms with Gasteiger partial charge in [0.05, 0.1) is 23.9 Å². The van der Waals surface area contributed by atoms with Gasteiger partial charge in [-0.25, -0.2) is 0 Å². The molecule has 2 fully saturated rings. The molecule has 0 aromatic carbocycles. The molecule has 1 aliphatic heterocycles. The molecule has 18 heavy (non-hydrogen) atoms. The van der Waals surface area contributed by atoms with Gasteiger partial charge in [0.15, 0.2) is 0 Å². The Morgan fingerprint density at radius 2 is 2.28 bits per heavy atom. The van der Waals surface area contributed by atoms with Gasteiger partial charge in [-0.2, -0.15) is 5.10 Å². The van der Waals surface area contributed by atoms with Gasteiger partial charge < -0.3 is 10.1 Å². The molecule has 1 N–H and O–H groups in total. The van der Waals surface area contributed by atoms with Crippen LogP contribution in [0.5, 0.6) is 0 Å². The number of hydrogen-bond acceptors (Lipinski definition) is 3. The molecule has 0 radical (unpaired) electrons. The van der Waals surface area contributed by atoms with Gasteiger partial charge in [0.2, 0.25) is 0 Å². The molecule has 2 heterocycles. The van der Waals surface area contributed by atoms with Crippen LogP contribution in [-0.2, 0) is 17.8 Å². The Morgan fingerprint density at radius 1 is 1.44 bits per heavy atom. The van der Waals surface area contributed by atoms with E-state index in [4.69, 9.17) is 4.74 Å². The highest BCUT2D eigenvalue weighted by Crippen LogP contribution is 2.30. The summed E-state index contributed by atoms with van der Waals surface area (Å²) in [7, 11) is 0. The zero-order valence-electron chi connectivity index (χ0n) is 11.4. The number of hydrogen-bond donors (Lipinski definition) is 1. The Balaban J connectivity index is 1.57. The molecular formula is C14H23N3O. The summed E-state index contributed by atoms with van der Waals surface area (Å²) in [5, 5.41) is 7.96. The molecular weight excluding hydrogens is 226 g/mol. The summed E-state index contributed by atoms with van der Waals surface area (Å²) in [5.41, 5.74) is 1.32. The fourth-order valence-corrected chi connectivity index (χ4v) is 2.61. The maximum atomic E-state index is 6.03. The smallest absolute Gasteiger partial charge is 0.0779 e. The lowest BCUT2D eigenvalue weighted by atomic mass is 10.1. The second kappa shape index (κ2) is 4.67. The summed E-state index contributed by atoms with van der Waals surface area (Å²) >= 11 is 0. The van der Waals surface area contributed by atoms with Crippen LogP contribution in [0.25, 0.3) is 0 Å². The zero-order chi connectivity index (χ0) is 12.6. The SMILES string of the molecule is CC1(C)CCC(Cn2nccc2CNC2CC2)O1. The Bertz CT molecular complexity index is 409. The van der Waals surface area contributed by atoms with Crippen molar-refractivity contribution in [2.45, 2.75) is 70.4 Å². The minimum absolute atomic E-state index is 0.0459. The van der Waals surface area contributed by atoms with E-state index in [0.29, 0.717) is 6.10 Å². The molecule has 3 rings (SSSR count). The molecule has 1 aromatic rings. The van der Waals surface area contributed by atoms with Crippen molar-refractivity contribution >= 4 is 0 Å². The fourth-order valence-electron chi connectivity index (χ4n) is 2.61. The van der Waals surface area contributed by atoms with Crippen LogP contribution >= 0.6 is 0 Å². The second-order valence-corrected chi connectivity index (χ2v) is 6.20. The number of nitrogens with one attached hydrogen (secondary N) is 1. The van der Waals surface area contributed by atoms with Crippen LogP contribution in [0.4, 0.5) is 0 Å². The molecule has 2 aliphatic rings. The van der Waals surface area contributed by atoms with E-state index in [0.717, 1.165) is 32.0 Å². The molecule has 4 nitrogen and oxygen atoms in total. The van der Waals surface area contributed by atoms with Crippen LogP contribution in [0.3, 0.4) is 0 Å². The summed E-state index contributed by atoms with van der Waals surface area (Å²) in [6, 6.07) is 2.85. The predicted molar refractivity (Wildman–Crippen MR) is 70.3 cm³/mol. The van der Waals surface area contributed by atoms with Crippen molar-refractivity contribution in [3.05, 3.63) is 18.0 Å². The normalized spacial score (nSPS) is 26.7. The zero-order valence-corrected chi connectivity index (χ0v) is 11.4. The summed E-state index contributed by atoms with van der Waals surface area (Å²) in [5.74, 6) is 0. The highest BCUT2D eigenvalue weighted by molar-refractivity contribution is 5.02. The van der Waals surface area contributed by atoms with Crippen molar-refractivity contribution in [1.82, 2.24) is 15.1 Å². The quantitative estimate of drug-likeness (QED) is 0.868. The van der Waals surface area contributed by atoms with E-state index in [1.54, 1.807) is 0 Å². The molecule has 0 bridgehead atoms. The average Bonchev–Trinajstić information content (AvgIpc) is 2.94. The molecule has 1 saturated heterocycles. The van der Waals surface area contributed by atoms with Crippen LogP contribution in [0.15, 0.2) is 12.3 Å². The fraction of sp³-hybridized carbons (Fsp3) is 0.786. The minimum Gasteiger partial charge on any atom is -0.370 e. The highest BCUT2D eigenvalue weighted by Gasteiger charge is 2.32. The van der Waals surface area contributed by atoms with Crippen molar-refractivity contribution in [3.63, 3.8) is 0 Å². The summed E-state index contributed by atoms with van der Waals surface area (Å²) in [6.07, 6.45) is 7.16. The first kappa shape index (κ1) is 12.2. The lowest BCUT2D eigenvalue weighted by Gasteiger charge is -2.20. The third kappa shape index (κ3) is 2.93. The standard InChI is InChI=1S/C14H23N3O/c1-14(2)7-5-13(18-14)10-17-12(6-8-16-17)9-15-11-3-4-11/h6,8,11,13,15H,3-5,7,9-10H2,1-2H3. The van der Waals surface area contributed by atoms with Gasteiger partial charge in [0.25, 0.3) is 0 Å². The largest absolute Gasteiger partial charge is 0.370 e. The summed E-state index contributed by atoms with van der Waals surface area (Å²) in [4.78, 5) is 0. The van der Waals surface area contributed by atoms with Gasteiger partial charge in [0.1, 0.15) is 0 Å². The Labute approximate surface area is 109 Å². The maximum Gasteiger partial charge on any atom is 0.0779 e. The van der Waals surface area contributed by atoms with Gasteiger partial charge in [-0.05, 0) is 45.6 Å². The number of rotatable bonds is 5. The maximum absolute atomic E-state index is 6.03. The predicted octanol–water partition coefficient (Wildman–Crippen LogP) is 2.09. The van der Waals surface area contributed by atoms with Crippen LogP contribution in [0.2, 0.25) is 0 Å². The van der Waals surface area contributed by atoms with E-state index in [9.17, 15) is 0 Å². The van der Waals surface area contributed by atoms with Gasteiger partial charge in [-0.1, -0.05) is 0 Å². The number of ether oxygens (including phenoxy) is 1. The number of nitrogens with zero attached hydrogens (tertiary/aromatic N) is 2. The van der Waals surface area contributed by atoms with Crippen molar-refractivity contribution < 1.29 is 4.74 Å². The Hall–Kier alpha value is -0.870. The number of aromatic nitrogens is 2. The van der Waals surface area contributed by atoms with Crippen LogP contribution in [0, 0.1) is 0 Å². The summed E-state index contributed by atoms with van der Waals surface area (Å²) < 4.78 is 8.13. The molecule has 1 aliphatic carbocycles. The van der Waals surface area contributed by atoms with E-state index >= 15 is 0 Å².